The van der Waals surface area contributed by atoms with Crippen LogP contribution in [0.15, 0.2) is 11.6 Å². The zero-order valence-corrected chi connectivity index (χ0v) is 16.1. The molecule has 0 fully saturated rings. The smallest absolute Gasteiger partial charge is 0.349 e. The molecule has 0 saturated carbocycles. The highest BCUT2D eigenvalue weighted by Crippen LogP contribution is 2.20. The first-order valence-electron chi connectivity index (χ1n) is 8.29. The fourth-order valence-electron chi connectivity index (χ4n) is 2.55. The van der Waals surface area contributed by atoms with Crippen LogP contribution in [-0.2, 0) is 20.9 Å². The first kappa shape index (κ1) is 20.5. The molecule has 25 heavy (non-hydrogen) atoms. The Morgan fingerprint density at radius 3 is 2.40 bits per heavy atom. The molecule has 0 spiro atoms. The Labute approximate surface area is 149 Å². The second-order valence-corrected chi connectivity index (χ2v) is 6.78. The van der Waals surface area contributed by atoms with E-state index < -0.39 is 12.1 Å². The molecule has 0 radical (unpaired) electrons. The largest absolute Gasteiger partial charge is 0.448 e. The third-order valence-electron chi connectivity index (χ3n) is 3.87. The third-order valence-corrected chi connectivity index (χ3v) is 3.87. The van der Waals surface area contributed by atoms with Crippen LogP contribution in [0.4, 0.5) is 0 Å². The lowest BCUT2D eigenvalue weighted by Gasteiger charge is -2.16. The molecule has 0 bridgehead atoms. The van der Waals surface area contributed by atoms with Gasteiger partial charge >= 0.3 is 5.97 Å². The average molecular weight is 345 g/mol. The van der Waals surface area contributed by atoms with Crippen LogP contribution in [0.5, 0.6) is 0 Å². The Balaban J connectivity index is 3.06. The average Bonchev–Trinajstić information content (AvgIpc) is 2.78. The molecule has 1 atom stereocenters. The van der Waals surface area contributed by atoms with Crippen molar-refractivity contribution in [2.45, 2.75) is 47.3 Å². The number of nitrogens with zero attached hydrogens (tertiary/aromatic N) is 3. The van der Waals surface area contributed by atoms with Crippen molar-refractivity contribution < 1.29 is 14.3 Å². The summed E-state index contributed by atoms with van der Waals surface area (Å²) >= 11 is 0. The standard InChI is InChI=1S/C19H27N3O3/c1-12(2)11-22-13(3)8-16(14(22)4)9-17(10-20)19(24)25-15(5)18(23)21(6)7/h8-9,12,15H,11H2,1-7H3/b17-9+/t15-/m1/s1. The summed E-state index contributed by atoms with van der Waals surface area (Å²) in [5.41, 5.74) is 2.74. The van der Waals surface area contributed by atoms with E-state index in [1.807, 2.05) is 26.0 Å². The molecule has 6 nitrogen and oxygen atoms in total. The van der Waals surface area contributed by atoms with Crippen molar-refractivity contribution in [2.75, 3.05) is 14.1 Å². The molecule has 0 aliphatic rings. The minimum atomic E-state index is -0.937. The molecule has 1 aromatic heterocycles. The van der Waals surface area contributed by atoms with Crippen LogP contribution >= 0.6 is 0 Å². The van der Waals surface area contributed by atoms with Crippen molar-refractivity contribution in [1.29, 1.82) is 5.26 Å². The summed E-state index contributed by atoms with van der Waals surface area (Å²) in [5, 5.41) is 9.31. The van der Waals surface area contributed by atoms with Gasteiger partial charge in [-0.05, 0) is 44.4 Å². The predicted molar refractivity (Wildman–Crippen MR) is 96.6 cm³/mol. The van der Waals surface area contributed by atoms with Crippen molar-refractivity contribution in [2.24, 2.45) is 5.92 Å². The Morgan fingerprint density at radius 1 is 1.32 bits per heavy atom. The van der Waals surface area contributed by atoms with Crippen LogP contribution in [-0.4, -0.2) is 41.5 Å². The molecule has 0 aromatic carbocycles. The van der Waals surface area contributed by atoms with Crippen LogP contribution in [0.25, 0.3) is 6.08 Å². The van der Waals surface area contributed by atoms with E-state index in [1.165, 1.54) is 17.9 Å². The second kappa shape index (κ2) is 8.52. The van der Waals surface area contributed by atoms with Crippen molar-refractivity contribution in [1.82, 2.24) is 9.47 Å². The number of nitriles is 1. The van der Waals surface area contributed by atoms with Crippen LogP contribution in [0.3, 0.4) is 0 Å². The quantitative estimate of drug-likeness (QED) is 0.451. The normalized spacial score (nSPS) is 12.7. The highest BCUT2D eigenvalue weighted by Gasteiger charge is 2.22. The van der Waals surface area contributed by atoms with E-state index in [9.17, 15) is 14.9 Å². The van der Waals surface area contributed by atoms with Crippen LogP contribution in [0, 0.1) is 31.1 Å². The summed E-state index contributed by atoms with van der Waals surface area (Å²) < 4.78 is 7.27. The number of ether oxygens (including phenoxy) is 1. The SMILES string of the molecule is Cc1cc(/C=C(\C#N)C(=O)O[C@H](C)C(=O)N(C)C)c(C)n1CC(C)C. The Hall–Kier alpha value is -2.55. The second-order valence-electron chi connectivity index (χ2n) is 6.78. The maximum Gasteiger partial charge on any atom is 0.349 e. The number of hydrogen-bond donors (Lipinski definition) is 0. The molecular formula is C19H27N3O3. The molecule has 0 aliphatic heterocycles. The van der Waals surface area contributed by atoms with Crippen molar-refractivity contribution in [3.63, 3.8) is 0 Å². The molecule has 1 rings (SSSR count). The monoisotopic (exact) mass is 345 g/mol. The van der Waals surface area contributed by atoms with Gasteiger partial charge in [-0.1, -0.05) is 13.8 Å². The van der Waals surface area contributed by atoms with Gasteiger partial charge in [-0.25, -0.2) is 4.79 Å². The minimum Gasteiger partial charge on any atom is -0.448 e. The molecule has 0 aliphatic carbocycles. The molecular weight excluding hydrogens is 318 g/mol. The third kappa shape index (κ3) is 5.21. The maximum atomic E-state index is 12.2. The van der Waals surface area contributed by atoms with E-state index in [0.29, 0.717) is 5.92 Å². The molecule has 0 saturated heterocycles. The fourth-order valence-corrected chi connectivity index (χ4v) is 2.55. The number of aromatic nitrogens is 1. The van der Waals surface area contributed by atoms with Gasteiger partial charge in [0, 0.05) is 32.0 Å². The van der Waals surface area contributed by atoms with E-state index in [1.54, 1.807) is 14.1 Å². The number of aryl methyl sites for hydroxylation is 1. The summed E-state index contributed by atoms with van der Waals surface area (Å²) in [5.74, 6) is -0.639. The van der Waals surface area contributed by atoms with Gasteiger partial charge in [0.25, 0.3) is 5.91 Å². The number of hydrogen-bond acceptors (Lipinski definition) is 4. The van der Waals surface area contributed by atoms with Gasteiger partial charge in [-0.3, -0.25) is 4.79 Å². The van der Waals surface area contributed by atoms with Crippen LogP contribution in [0.2, 0.25) is 0 Å². The van der Waals surface area contributed by atoms with E-state index >= 15 is 0 Å². The van der Waals surface area contributed by atoms with Gasteiger partial charge in [0.05, 0.1) is 0 Å². The fraction of sp³-hybridized carbons (Fsp3) is 0.526. The van der Waals surface area contributed by atoms with E-state index in [-0.39, 0.29) is 11.5 Å². The zero-order valence-electron chi connectivity index (χ0n) is 16.1. The lowest BCUT2D eigenvalue weighted by Crippen LogP contribution is -2.35. The van der Waals surface area contributed by atoms with Gasteiger partial charge in [0.2, 0.25) is 0 Å². The van der Waals surface area contributed by atoms with Crippen LogP contribution in [0.1, 0.15) is 37.7 Å². The first-order valence-corrected chi connectivity index (χ1v) is 8.29. The number of amides is 1. The van der Waals surface area contributed by atoms with E-state index in [2.05, 4.69) is 18.4 Å². The number of likely N-dealkylation sites (N-methyl/N-ethyl adjacent to an activating group) is 1. The topological polar surface area (TPSA) is 75.3 Å². The summed E-state index contributed by atoms with van der Waals surface area (Å²) in [6.45, 7) is 10.6. The maximum absolute atomic E-state index is 12.2. The van der Waals surface area contributed by atoms with Crippen molar-refractivity contribution >= 4 is 18.0 Å². The Kier molecular flexibility index (Phi) is 6.98. The number of carbonyl (C=O) groups is 2. The number of rotatable bonds is 6. The zero-order chi connectivity index (χ0) is 19.3. The highest BCUT2D eigenvalue weighted by atomic mass is 16.5. The van der Waals surface area contributed by atoms with Gasteiger partial charge < -0.3 is 14.2 Å². The molecule has 1 amide bonds. The summed E-state index contributed by atoms with van der Waals surface area (Å²) in [6.07, 6.45) is 0.585. The lowest BCUT2D eigenvalue weighted by atomic mass is 10.1. The van der Waals surface area contributed by atoms with Gasteiger partial charge in [0.15, 0.2) is 6.10 Å². The Morgan fingerprint density at radius 2 is 1.92 bits per heavy atom. The number of esters is 1. The van der Waals surface area contributed by atoms with Crippen molar-refractivity contribution in [3.05, 3.63) is 28.6 Å². The molecule has 0 unspecified atom stereocenters. The highest BCUT2D eigenvalue weighted by molar-refractivity contribution is 5.99. The summed E-state index contributed by atoms with van der Waals surface area (Å²) in [4.78, 5) is 25.3. The minimum absolute atomic E-state index is 0.122. The summed E-state index contributed by atoms with van der Waals surface area (Å²) in [6, 6.07) is 3.81. The predicted octanol–water partition coefficient (Wildman–Crippen LogP) is 2.69. The van der Waals surface area contributed by atoms with E-state index in [4.69, 9.17) is 4.74 Å². The van der Waals surface area contributed by atoms with Gasteiger partial charge in [0.1, 0.15) is 11.6 Å². The van der Waals surface area contributed by atoms with Gasteiger partial charge in [-0.15, -0.1) is 0 Å². The lowest BCUT2D eigenvalue weighted by molar-refractivity contribution is -0.154. The molecule has 6 heteroatoms. The van der Waals surface area contributed by atoms with Gasteiger partial charge in [-0.2, -0.15) is 5.26 Å². The van der Waals surface area contributed by atoms with Crippen molar-refractivity contribution in [3.8, 4) is 6.07 Å². The molecule has 0 N–H and O–H groups in total. The van der Waals surface area contributed by atoms with E-state index in [0.717, 1.165) is 23.5 Å². The molecule has 1 aromatic rings. The Bertz CT molecular complexity index is 721. The molecule has 136 valence electrons. The van der Waals surface area contributed by atoms with Crippen LogP contribution < -0.4 is 0 Å². The summed E-state index contributed by atoms with van der Waals surface area (Å²) in [7, 11) is 3.16. The number of carbonyl (C=O) groups excluding carboxylic acids is 2. The molecule has 1 heterocycles. The first-order chi connectivity index (χ1) is 11.6.